The van der Waals surface area contributed by atoms with Crippen LogP contribution < -0.4 is 4.74 Å². The van der Waals surface area contributed by atoms with Crippen molar-refractivity contribution in [3.05, 3.63) is 65.7 Å². The molecule has 1 saturated carbocycles. The lowest BCUT2D eigenvalue weighted by Gasteiger charge is -2.43. The third kappa shape index (κ3) is 4.25. The molecule has 10 heteroatoms. The second kappa shape index (κ2) is 8.96. The molecule has 4 rings (SSSR count). The molecule has 0 unspecified atom stereocenters. The van der Waals surface area contributed by atoms with Gasteiger partial charge in [-0.15, -0.1) is 0 Å². The fraction of sp³-hybridized carbons (Fsp3) is 0.417. The SMILES string of the molecule is COc1ccc(C2=NC(C(F)(F)F)(C(F)(F)F)N=C(c3ccccc3)N2C2CCCCC2)cc1. The van der Waals surface area contributed by atoms with E-state index in [2.05, 4.69) is 9.98 Å². The van der Waals surface area contributed by atoms with Crippen LogP contribution in [0.1, 0.15) is 43.2 Å². The number of hydrogen-bond acceptors (Lipinski definition) is 4. The van der Waals surface area contributed by atoms with Gasteiger partial charge in [-0.3, -0.25) is 0 Å². The van der Waals surface area contributed by atoms with Gasteiger partial charge in [0.2, 0.25) is 0 Å². The topological polar surface area (TPSA) is 37.2 Å². The Balaban J connectivity index is 2.01. The zero-order chi connectivity index (χ0) is 24.6. The second-order valence-corrected chi connectivity index (χ2v) is 8.29. The number of amidine groups is 2. The Morgan fingerprint density at radius 2 is 1.26 bits per heavy atom. The smallest absolute Gasteiger partial charge is 0.443 e. The first kappa shape index (κ1) is 24.1. The lowest BCUT2D eigenvalue weighted by Crippen LogP contribution is -2.61. The van der Waals surface area contributed by atoms with Crippen molar-refractivity contribution in [1.29, 1.82) is 0 Å². The van der Waals surface area contributed by atoms with Gasteiger partial charge < -0.3 is 9.64 Å². The molecule has 1 heterocycles. The van der Waals surface area contributed by atoms with Gasteiger partial charge in [0.15, 0.2) is 0 Å². The maximum atomic E-state index is 14.2. The van der Waals surface area contributed by atoms with E-state index in [-0.39, 0.29) is 23.0 Å². The van der Waals surface area contributed by atoms with Crippen LogP contribution in [0.3, 0.4) is 0 Å². The van der Waals surface area contributed by atoms with Crippen LogP contribution in [0.5, 0.6) is 5.75 Å². The number of aliphatic imine (C=N–C) groups is 2. The highest BCUT2D eigenvalue weighted by molar-refractivity contribution is 6.16. The van der Waals surface area contributed by atoms with Crippen LogP contribution in [0.15, 0.2) is 64.6 Å². The Kier molecular flexibility index (Phi) is 6.35. The van der Waals surface area contributed by atoms with Crippen LogP contribution in [-0.4, -0.2) is 47.7 Å². The summed E-state index contributed by atoms with van der Waals surface area (Å²) in [5.41, 5.74) is -4.34. The lowest BCUT2D eigenvalue weighted by molar-refractivity contribution is -0.293. The summed E-state index contributed by atoms with van der Waals surface area (Å²) in [6, 6.07) is 13.1. The lowest BCUT2D eigenvalue weighted by atomic mass is 9.92. The van der Waals surface area contributed by atoms with Gasteiger partial charge in [0, 0.05) is 17.2 Å². The summed E-state index contributed by atoms with van der Waals surface area (Å²) in [7, 11) is 1.42. The van der Waals surface area contributed by atoms with E-state index in [1.165, 1.54) is 48.4 Å². The first-order valence-electron chi connectivity index (χ1n) is 10.9. The van der Waals surface area contributed by atoms with Gasteiger partial charge in [-0.1, -0.05) is 49.6 Å². The van der Waals surface area contributed by atoms with Gasteiger partial charge in [-0.05, 0) is 37.1 Å². The minimum absolute atomic E-state index is 0.118. The summed E-state index contributed by atoms with van der Waals surface area (Å²) in [5, 5.41) is 0. The molecule has 2 aromatic carbocycles. The molecule has 2 aromatic rings. The fourth-order valence-corrected chi connectivity index (χ4v) is 4.37. The molecular formula is C24H23F6N3O. The molecule has 0 saturated heterocycles. The van der Waals surface area contributed by atoms with E-state index in [9.17, 15) is 26.3 Å². The van der Waals surface area contributed by atoms with Gasteiger partial charge >= 0.3 is 18.0 Å². The molecule has 0 spiro atoms. The zero-order valence-electron chi connectivity index (χ0n) is 18.3. The zero-order valence-corrected chi connectivity index (χ0v) is 18.3. The summed E-state index contributed by atoms with van der Waals surface area (Å²) in [4.78, 5) is 8.22. The molecular weight excluding hydrogens is 460 g/mol. The van der Waals surface area contributed by atoms with E-state index >= 15 is 0 Å². The van der Waals surface area contributed by atoms with Crippen molar-refractivity contribution < 1.29 is 31.1 Å². The van der Waals surface area contributed by atoms with Gasteiger partial charge in [-0.2, -0.15) is 26.3 Å². The Morgan fingerprint density at radius 1 is 0.765 bits per heavy atom. The van der Waals surface area contributed by atoms with E-state index < -0.39 is 23.9 Å². The van der Waals surface area contributed by atoms with Crippen molar-refractivity contribution in [1.82, 2.24) is 4.90 Å². The molecule has 0 bridgehead atoms. The number of rotatable bonds is 4. The molecule has 0 amide bonds. The average Bonchev–Trinajstić information content (AvgIpc) is 2.83. The first-order chi connectivity index (χ1) is 16.1. The molecule has 1 aliphatic carbocycles. The van der Waals surface area contributed by atoms with Crippen LogP contribution in [0.4, 0.5) is 26.3 Å². The molecule has 2 aliphatic rings. The van der Waals surface area contributed by atoms with Crippen molar-refractivity contribution >= 4 is 11.7 Å². The number of halogens is 6. The predicted molar refractivity (Wildman–Crippen MR) is 116 cm³/mol. The van der Waals surface area contributed by atoms with E-state index in [4.69, 9.17) is 4.74 Å². The first-order valence-corrected chi connectivity index (χ1v) is 10.9. The molecule has 0 aromatic heterocycles. The molecule has 34 heavy (non-hydrogen) atoms. The normalized spacial score (nSPS) is 19.4. The number of alkyl halides is 6. The summed E-state index contributed by atoms with van der Waals surface area (Å²) in [6.45, 7) is 0. The molecule has 1 fully saturated rings. The number of benzene rings is 2. The molecule has 4 nitrogen and oxygen atoms in total. The largest absolute Gasteiger partial charge is 0.497 e. The highest BCUT2D eigenvalue weighted by Gasteiger charge is 2.74. The number of ether oxygens (including phenoxy) is 1. The van der Waals surface area contributed by atoms with Crippen molar-refractivity contribution in [3.8, 4) is 5.75 Å². The minimum Gasteiger partial charge on any atom is -0.497 e. The van der Waals surface area contributed by atoms with Crippen LogP contribution in [-0.2, 0) is 0 Å². The molecule has 1 aliphatic heterocycles. The van der Waals surface area contributed by atoms with Crippen LogP contribution in [0.2, 0.25) is 0 Å². The quantitative estimate of drug-likeness (QED) is 0.475. The standard InChI is InChI=1S/C24H23F6N3O/c1-34-19-14-12-17(13-15-19)21-32-22(23(25,26)27,24(28,29)30)31-20(16-8-4-2-5-9-16)33(21)18-10-6-3-7-11-18/h2,4-5,8-9,12-15,18H,3,6-7,10-11H2,1H3. The third-order valence-electron chi connectivity index (χ3n) is 6.10. The third-order valence-corrected chi connectivity index (χ3v) is 6.10. The van der Waals surface area contributed by atoms with Gasteiger partial charge in [0.05, 0.1) is 7.11 Å². The predicted octanol–water partition coefficient (Wildman–Crippen LogP) is 6.36. The number of nitrogens with zero attached hydrogens (tertiary/aromatic N) is 3. The average molecular weight is 483 g/mol. The highest BCUT2D eigenvalue weighted by atomic mass is 19.4. The minimum atomic E-state index is -5.80. The van der Waals surface area contributed by atoms with Gasteiger partial charge in [-0.25, -0.2) is 9.98 Å². The van der Waals surface area contributed by atoms with Crippen molar-refractivity contribution in [3.63, 3.8) is 0 Å². The Hall–Kier alpha value is -3.04. The Morgan fingerprint density at radius 3 is 1.74 bits per heavy atom. The van der Waals surface area contributed by atoms with E-state index in [1.54, 1.807) is 18.2 Å². The van der Waals surface area contributed by atoms with Gasteiger partial charge in [0.25, 0.3) is 0 Å². The van der Waals surface area contributed by atoms with E-state index in [1.807, 2.05) is 0 Å². The van der Waals surface area contributed by atoms with Crippen LogP contribution in [0.25, 0.3) is 0 Å². The molecule has 0 radical (unpaired) electrons. The van der Waals surface area contributed by atoms with Crippen LogP contribution >= 0.6 is 0 Å². The highest BCUT2D eigenvalue weighted by Crippen LogP contribution is 2.50. The maximum absolute atomic E-state index is 14.2. The van der Waals surface area contributed by atoms with Crippen LogP contribution in [0, 0.1) is 0 Å². The summed E-state index contributed by atoms with van der Waals surface area (Å²) in [6.07, 6.45) is -7.83. The monoisotopic (exact) mass is 483 g/mol. The van der Waals surface area contributed by atoms with Crippen molar-refractivity contribution in [2.45, 2.75) is 56.2 Å². The summed E-state index contributed by atoms with van der Waals surface area (Å²) >= 11 is 0. The van der Waals surface area contributed by atoms with E-state index in [0.717, 1.165) is 19.3 Å². The Bertz CT molecular complexity index is 1040. The van der Waals surface area contributed by atoms with Crippen molar-refractivity contribution in [2.24, 2.45) is 9.98 Å². The molecule has 0 N–H and O–H groups in total. The summed E-state index contributed by atoms with van der Waals surface area (Å²) < 4.78 is 90.2. The fourth-order valence-electron chi connectivity index (χ4n) is 4.37. The number of hydrogen-bond donors (Lipinski definition) is 0. The maximum Gasteiger partial charge on any atom is 0.443 e. The number of methoxy groups -OCH3 is 1. The molecule has 0 atom stereocenters. The summed E-state index contributed by atoms with van der Waals surface area (Å²) in [5.74, 6) is -0.375. The Labute approximate surface area is 193 Å². The van der Waals surface area contributed by atoms with E-state index in [0.29, 0.717) is 18.6 Å². The molecule has 182 valence electrons. The second-order valence-electron chi connectivity index (χ2n) is 8.29. The van der Waals surface area contributed by atoms with Gasteiger partial charge in [0.1, 0.15) is 17.4 Å². The van der Waals surface area contributed by atoms with Crippen molar-refractivity contribution in [2.75, 3.05) is 7.11 Å².